The normalized spacial score (nSPS) is 14.1. The quantitative estimate of drug-likeness (QED) is 0.861. The van der Waals surface area contributed by atoms with Gasteiger partial charge >= 0.3 is 0 Å². The Morgan fingerprint density at radius 2 is 2.11 bits per heavy atom. The fraction of sp³-hybridized carbons (Fsp3) is 0.417. The van der Waals surface area contributed by atoms with Crippen LogP contribution in [0.3, 0.4) is 0 Å². The summed E-state index contributed by atoms with van der Waals surface area (Å²) in [5.74, 6) is 0.736. The van der Waals surface area contributed by atoms with Crippen molar-refractivity contribution < 1.29 is 9.13 Å². The molecule has 2 atom stereocenters. The molecule has 0 saturated heterocycles. The average Bonchev–Trinajstić information content (AvgIpc) is 2.92. The molecule has 0 fully saturated rings. The number of methoxy groups -OCH3 is 1. The van der Waals surface area contributed by atoms with E-state index in [0.29, 0.717) is 17.1 Å². The van der Waals surface area contributed by atoms with Crippen LogP contribution in [0.5, 0.6) is 5.75 Å². The molecule has 1 heterocycles. The van der Waals surface area contributed by atoms with Gasteiger partial charge in [-0.05, 0) is 19.9 Å². The van der Waals surface area contributed by atoms with Crippen LogP contribution in [0.4, 0.5) is 4.39 Å². The Labute approximate surface area is 110 Å². The molecular weight excluding hydrogens is 249 g/mol. The highest BCUT2D eigenvalue weighted by Crippen LogP contribution is 2.23. The van der Waals surface area contributed by atoms with Crippen molar-refractivity contribution in [2.24, 2.45) is 0 Å². The van der Waals surface area contributed by atoms with Crippen LogP contribution in [0.2, 0.25) is 0 Å². The average molecular weight is 265 g/mol. The van der Waals surface area contributed by atoms with Gasteiger partial charge in [-0.1, -0.05) is 11.3 Å². The van der Waals surface area contributed by atoms with Gasteiger partial charge in [0.25, 0.3) is 0 Å². The number of hydrogen-bond acceptors (Lipinski definition) is 5. The predicted octanol–water partition coefficient (Wildman–Crippen LogP) is 1.76. The summed E-state index contributed by atoms with van der Waals surface area (Å²) in [6.45, 7) is 3.77. The lowest BCUT2D eigenvalue weighted by Crippen LogP contribution is -2.24. The molecule has 1 aromatic heterocycles. The Hall–Kier alpha value is -2.02. The Kier molecular flexibility index (Phi) is 4.06. The molecule has 0 aliphatic rings. The van der Waals surface area contributed by atoms with Crippen LogP contribution in [-0.2, 0) is 0 Å². The Morgan fingerprint density at radius 1 is 1.32 bits per heavy atom. The summed E-state index contributed by atoms with van der Waals surface area (Å²) in [5.41, 5.74) is 0.566. The van der Waals surface area contributed by atoms with Gasteiger partial charge < -0.3 is 10.1 Å². The summed E-state index contributed by atoms with van der Waals surface area (Å²) in [4.78, 5) is 0. The summed E-state index contributed by atoms with van der Waals surface area (Å²) in [6.07, 6.45) is 0. The molecule has 2 N–H and O–H groups in total. The molecule has 1 aromatic carbocycles. The maximum Gasteiger partial charge on any atom is 0.191 e. The van der Waals surface area contributed by atoms with Gasteiger partial charge in [-0.25, -0.2) is 4.39 Å². The van der Waals surface area contributed by atoms with E-state index in [9.17, 15) is 4.39 Å². The number of rotatable bonds is 5. The number of halogens is 1. The fourth-order valence-electron chi connectivity index (χ4n) is 1.88. The molecule has 0 spiro atoms. The van der Waals surface area contributed by atoms with Crippen molar-refractivity contribution >= 4 is 0 Å². The van der Waals surface area contributed by atoms with E-state index >= 15 is 0 Å². The highest BCUT2D eigenvalue weighted by Gasteiger charge is 2.17. The van der Waals surface area contributed by atoms with E-state index < -0.39 is 0 Å². The molecule has 2 unspecified atom stereocenters. The van der Waals surface area contributed by atoms with E-state index in [0.717, 1.165) is 0 Å². The molecule has 7 heteroatoms. The topological polar surface area (TPSA) is 75.7 Å². The van der Waals surface area contributed by atoms with E-state index in [2.05, 4.69) is 25.9 Å². The molecule has 0 aliphatic carbocycles. The van der Waals surface area contributed by atoms with E-state index in [1.807, 2.05) is 13.8 Å². The van der Waals surface area contributed by atoms with Crippen molar-refractivity contribution in [3.8, 4) is 5.75 Å². The number of H-pyrrole nitrogens is 1. The van der Waals surface area contributed by atoms with Crippen LogP contribution in [0, 0.1) is 5.82 Å². The van der Waals surface area contributed by atoms with Crippen LogP contribution in [0.1, 0.15) is 37.3 Å². The van der Waals surface area contributed by atoms with Crippen LogP contribution < -0.4 is 10.1 Å². The number of nitrogens with zero attached hydrogens (tertiary/aromatic N) is 3. The number of benzene rings is 1. The molecule has 2 aromatic rings. The molecule has 0 aliphatic heterocycles. The highest BCUT2D eigenvalue weighted by molar-refractivity contribution is 5.30. The fourth-order valence-corrected chi connectivity index (χ4v) is 1.88. The van der Waals surface area contributed by atoms with Gasteiger partial charge in [0.15, 0.2) is 5.82 Å². The van der Waals surface area contributed by atoms with Crippen molar-refractivity contribution in [2.45, 2.75) is 25.9 Å². The van der Waals surface area contributed by atoms with Crippen molar-refractivity contribution in [2.75, 3.05) is 7.11 Å². The van der Waals surface area contributed by atoms with Gasteiger partial charge in [-0.2, -0.15) is 5.21 Å². The van der Waals surface area contributed by atoms with Crippen molar-refractivity contribution in [1.82, 2.24) is 25.9 Å². The summed E-state index contributed by atoms with van der Waals surface area (Å²) in [5, 5.41) is 16.9. The molecule has 102 valence electrons. The van der Waals surface area contributed by atoms with E-state index in [1.54, 1.807) is 12.1 Å². The number of hydrogen-bond donors (Lipinski definition) is 2. The smallest absolute Gasteiger partial charge is 0.191 e. The first-order chi connectivity index (χ1) is 9.11. The van der Waals surface area contributed by atoms with Crippen LogP contribution in [-0.4, -0.2) is 27.7 Å². The van der Waals surface area contributed by atoms with E-state index in [-0.39, 0.29) is 17.9 Å². The summed E-state index contributed by atoms with van der Waals surface area (Å²) >= 11 is 0. The Bertz CT molecular complexity index is 531. The third-order valence-corrected chi connectivity index (χ3v) is 2.92. The SMILES string of the molecule is COc1ccc(C(C)NC(C)c2nn[nH]n2)c(F)c1. The first-order valence-corrected chi connectivity index (χ1v) is 5.94. The molecule has 0 radical (unpaired) electrons. The predicted molar refractivity (Wildman–Crippen MR) is 67.1 cm³/mol. The first-order valence-electron chi connectivity index (χ1n) is 5.94. The minimum absolute atomic E-state index is 0.129. The molecule has 0 amide bonds. The number of tetrazole rings is 1. The van der Waals surface area contributed by atoms with Crippen LogP contribution in [0.25, 0.3) is 0 Å². The van der Waals surface area contributed by atoms with Gasteiger partial charge in [-0.15, -0.1) is 10.2 Å². The summed E-state index contributed by atoms with van der Waals surface area (Å²) in [7, 11) is 1.51. The minimum atomic E-state index is -0.306. The zero-order valence-electron chi connectivity index (χ0n) is 11.0. The standard InChI is InChI=1S/C12H16FN5O/c1-7(14-8(2)12-15-17-18-16-12)10-5-4-9(19-3)6-11(10)13/h4-8,14H,1-3H3,(H,15,16,17,18). The third-order valence-electron chi connectivity index (χ3n) is 2.92. The van der Waals surface area contributed by atoms with Crippen molar-refractivity contribution in [1.29, 1.82) is 0 Å². The van der Waals surface area contributed by atoms with E-state index in [1.165, 1.54) is 13.2 Å². The maximum atomic E-state index is 13.9. The second kappa shape index (κ2) is 5.75. The second-order valence-corrected chi connectivity index (χ2v) is 4.27. The molecule has 6 nitrogen and oxygen atoms in total. The zero-order chi connectivity index (χ0) is 13.8. The van der Waals surface area contributed by atoms with E-state index in [4.69, 9.17) is 4.74 Å². The molecular formula is C12H16FN5O. The minimum Gasteiger partial charge on any atom is -0.497 e. The summed E-state index contributed by atoms with van der Waals surface area (Å²) < 4.78 is 18.9. The number of ether oxygens (including phenoxy) is 1. The molecule has 0 bridgehead atoms. The van der Waals surface area contributed by atoms with Crippen LogP contribution in [0.15, 0.2) is 18.2 Å². The third kappa shape index (κ3) is 3.05. The first kappa shape index (κ1) is 13.4. The second-order valence-electron chi connectivity index (χ2n) is 4.27. The lowest BCUT2D eigenvalue weighted by Gasteiger charge is -2.18. The maximum absolute atomic E-state index is 13.9. The van der Waals surface area contributed by atoms with Crippen LogP contribution >= 0.6 is 0 Å². The molecule has 2 rings (SSSR count). The number of nitrogens with one attached hydrogen (secondary N) is 2. The molecule has 19 heavy (non-hydrogen) atoms. The number of aromatic amines is 1. The largest absolute Gasteiger partial charge is 0.497 e. The zero-order valence-corrected chi connectivity index (χ0v) is 11.0. The summed E-state index contributed by atoms with van der Waals surface area (Å²) in [6, 6.07) is 4.49. The van der Waals surface area contributed by atoms with Gasteiger partial charge in [0.2, 0.25) is 0 Å². The lowest BCUT2D eigenvalue weighted by molar-refractivity contribution is 0.408. The van der Waals surface area contributed by atoms with Gasteiger partial charge in [0.1, 0.15) is 11.6 Å². The van der Waals surface area contributed by atoms with Gasteiger partial charge in [0, 0.05) is 17.7 Å². The number of aromatic nitrogens is 4. The van der Waals surface area contributed by atoms with Gasteiger partial charge in [-0.3, -0.25) is 0 Å². The molecule has 0 saturated carbocycles. The Morgan fingerprint density at radius 3 is 2.68 bits per heavy atom. The lowest BCUT2D eigenvalue weighted by atomic mass is 10.1. The van der Waals surface area contributed by atoms with Crippen molar-refractivity contribution in [3.63, 3.8) is 0 Å². The monoisotopic (exact) mass is 265 g/mol. The Balaban J connectivity index is 2.09. The van der Waals surface area contributed by atoms with Crippen molar-refractivity contribution in [3.05, 3.63) is 35.4 Å². The highest BCUT2D eigenvalue weighted by atomic mass is 19.1. The van der Waals surface area contributed by atoms with Gasteiger partial charge in [0.05, 0.1) is 13.2 Å².